The van der Waals surface area contributed by atoms with E-state index in [-0.39, 0.29) is 20.3 Å². The summed E-state index contributed by atoms with van der Waals surface area (Å²) in [6.45, 7) is 4.42. The number of methoxy groups -OCH3 is 1. The molecule has 0 radical (unpaired) electrons. The molecule has 4 heteroatoms. The summed E-state index contributed by atoms with van der Waals surface area (Å²) in [6.07, 6.45) is 0. The lowest BCUT2D eigenvalue weighted by molar-refractivity contribution is 0.417. The number of hydrogen-bond acceptors (Lipinski definition) is 2. The largest absolute Gasteiger partial charge is 0.495 e. The summed E-state index contributed by atoms with van der Waals surface area (Å²) in [4.78, 5) is 0. The van der Waals surface area contributed by atoms with E-state index in [2.05, 4.69) is 19.4 Å². The van der Waals surface area contributed by atoms with Gasteiger partial charge in [0.25, 0.3) is 0 Å². The van der Waals surface area contributed by atoms with Crippen LogP contribution in [0.15, 0.2) is 18.2 Å². The van der Waals surface area contributed by atoms with E-state index >= 15 is 0 Å². The van der Waals surface area contributed by atoms with E-state index in [1.54, 1.807) is 7.11 Å². The number of rotatable bonds is 2. The number of ether oxygens (including phenoxy) is 1. The van der Waals surface area contributed by atoms with E-state index in [1.807, 2.05) is 12.1 Å². The molecular formula is C9H15ClNOP. The molecule has 2 N–H and O–H groups in total. The third kappa shape index (κ3) is 3.06. The van der Waals surface area contributed by atoms with Crippen molar-refractivity contribution >= 4 is 31.3 Å². The summed E-state index contributed by atoms with van der Waals surface area (Å²) < 4.78 is 5.12. The molecule has 74 valence electrons. The molecule has 0 aromatic heterocycles. The summed E-state index contributed by atoms with van der Waals surface area (Å²) in [5.74, 6) is 0.781. The highest BCUT2D eigenvalue weighted by Gasteiger charge is 2.02. The molecule has 2 nitrogen and oxygen atoms in total. The predicted octanol–water partition coefficient (Wildman–Crippen LogP) is 2.07. The van der Waals surface area contributed by atoms with E-state index in [9.17, 15) is 0 Å². The molecule has 0 saturated heterocycles. The Morgan fingerprint density at radius 3 is 2.38 bits per heavy atom. The molecule has 13 heavy (non-hydrogen) atoms. The maximum Gasteiger partial charge on any atom is 0.142 e. The van der Waals surface area contributed by atoms with Crippen molar-refractivity contribution in [3.8, 4) is 5.75 Å². The molecule has 0 atom stereocenters. The number of nitrogens with two attached hydrogens (primary N) is 1. The van der Waals surface area contributed by atoms with Crippen LogP contribution in [0.5, 0.6) is 5.75 Å². The van der Waals surface area contributed by atoms with Crippen LogP contribution in [0.2, 0.25) is 0 Å². The van der Waals surface area contributed by atoms with Crippen LogP contribution in [-0.2, 0) is 0 Å². The average molecular weight is 220 g/mol. The van der Waals surface area contributed by atoms with Crippen molar-refractivity contribution < 1.29 is 4.74 Å². The standard InChI is InChI=1S/C9H14NOP.ClH/c1-11-9-6-7(12(2)3)4-5-8(9)10;/h4-6H,10H2,1-3H3;1H. The molecule has 1 aromatic rings. The fourth-order valence-electron chi connectivity index (χ4n) is 0.978. The van der Waals surface area contributed by atoms with Gasteiger partial charge in [-0.2, -0.15) is 0 Å². The van der Waals surface area contributed by atoms with E-state index < -0.39 is 0 Å². The lowest BCUT2D eigenvalue weighted by atomic mass is 10.3. The normalized spacial score (nSPS) is 9.54. The SMILES string of the molecule is COc1cc(P(C)C)ccc1N.Cl. The van der Waals surface area contributed by atoms with Crippen LogP contribution in [0.1, 0.15) is 0 Å². The van der Waals surface area contributed by atoms with Gasteiger partial charge in [0.05, 0.1) is 12.8 Å². The van der Waals surface area contributed by atoms with Gasteiger partial charge in [-0.25, -0.2) is 0 Å². The van der Waals surface area contributed by atoms with Gasteiger partial charge in [-0.05, 0) is 30.8 Å². The molecule has 0 aliphatic carbocycles. The third-order valence-electron chi connectivity index (χ3n) is 1.73. The third-order valence-corrected chi connectivity index (χ3v) is 3.04. The van der Waals surface area contributed by atoms with Crippen molar-refractivity contribution in [1.82, 2.24) is 0 Å². The van der Waals surface area contributed by atoms with Gasteiger partial charge in [-0.1, -0.05) is 14.0 Å². The van der Waals surface area contributed by atoms with Crippen molar-refractivity contribution in [3.05, 3.63) is 18.2 Å². The first kappa shape index (κ1) is 12.5. The van der Waals surface area contributed by atoms with Crippen molar-refractivity contribution in [2.75, 3.05) is 26.2 Å². The van der Waals surface area contributed by atoms with Gasteiger partial charge in [0.15, 0.2) is 0 Å². The van der Waals surface area contributed by atoms with Crippen LogP contribution >= 0.6 is 20.3 Å². The smallest absolute Gasteiger partial charge is 0.142 e. The number of halogens is 1. The number of nitrogen functional groups attached to an aromatic ring is 1. The molecule has 0 saturated carbocycles. The highest BCUT2D eigenvalue weighted by Crippen LogP contribution is 2.28. The van der Waals surface area contributed by atoms with Crippen molar-refractivity contribution in [3.63, 3.8) is 0 Å². The molecule has 0 heterocycles. The minimum Gasteiger partial charge on any atom is -0.495 e. The predicted molar refractivity (Wildman–Crippen MR) is 63.1 cm³/mol. The second-order valence-electron chi connectivity index (χ2n) is 2.82. The zero-order valence-electron chi connectivity index (χ0n) is 8.07. The Labute approximate surface area is 86.6 Å². The molecular weight excluding hydrogens is 205 g/mol. The highest BCUT2D eigenvalue weighted by molar-refractivity contribution is 7.64. The first-order valence-corrected chi connectivity index (χ1v) is 5.99. The Morgan fingerprint density at radius 1 is 1.31 bits per heavy atom. The highest BCUT2D eigenvalue weighted by atomic mass is 35.5. The van der Waals surface area contributed by atoms with Gasteiger partial charge >= 0.3 is 0 Å². The fraction of sp³-hybridized carbons (Fsp3) is 0.333. The Bertz CT molecular complexity index is 278. The van der Waals surface area contributed by atoms with Crippen LogP contribution in [0, 0.1) is 0 Å². The van der Waals surface area contributed by atoms with Gasteiger partial charge in [0.1, 0.15) is 5.75 Å². The van der Waals surface area contributed by atoms with Crippen LogP contribution in [0.3, 0.4) is 0 Å². The molecule has 1 aromatic carbocycles. The Kier molecular flexibility index (Phi) is 5.12. The summed E-state index contributed by atoms with van der Waals surface area (Å²) >= 11 is 0. The summed E-state index contributed by atoms with van der Waals surface area (Å²) in [5.41, 5.74) is 6.39. The Balaban J connectivity index is 0.00000144. The zero-order valence-corrected chi connectivity index (χ0v) is 9.78. The number of benzene rings is 1. The monoisotopic (exact) mass is 219 g/mol. The first-order valence-electron chi connectivity index (χ1n) is 3.76. The van der Waals surface area contributed by atoms with Gasteiger partial charge in [-0.3, -0.25) is 0 Å². The summed E-state index contributed by atoms with van der Waals surface area (Å²) in [5, 5.41) is 1.32. The van der Waals surface area contributed by atoms with E-state index in [0.29, 0.717) is 5.69 Å². The molecule has 0 unspecified atom stereocenters. The van der Waals surface area contributed by atoms with Gasteiger partial charge in [0, 0.05) is 0 Å². The van der Waals surface area contributed by atoms with E-state index in [0.717, 1.165) is 5.75 Å². The van der Waals surface area contributed by atoms with Crippen molar-refractivity contribution in [2.45, 2.75) is 0 Å². The Hall–Kier alpha value is -0.460. The molecule has 0 amide bonds. The maximum absolute atomic E-state index is 5.68. The van der Waals surface area contributed by atoms with Crippen LogP contribution in [-0.4, -0.2) is 20.4 Å². The van der Waals surface area contributed by atoms with Gasteiger partial charge < -0.3 is 10.5 Å². The van der Waals surface area contributed by atoms with Gasteiger partial charge in [0.2, 0.25) is 0 Å². The lowest BCUT2D eigenvalue weighted by Gasteiger charge is -2.09. The second kappa shape index (κ2) is 5.31. The summed E-state index contributed by atoms with van der Waals surface area (Å²) in [6, 6.07) is 5.97. The average Bonchev–Trinajstić information content (AvgIpc) is 2.05. The minimum absolute atomic E-state index is 0. The van der Waals surface area contributed by atoms with Gasteiger partial charge in [-0.15, -0.1) is 12.4 Å². The van der Waals surface area contributed by atoms with E-state index in [4.69, 9.17) is 10.5 Å². The van der Waals surface area contributed by atoms with Crippen LogP contribution in [0.4, 0.5) is 5.69 Å². The summed E-state index contributed by atoms with van der Waals surface area (Å²) in [7, 11) is 1.58. The first-order chi connectivity index (χ1) is 5.65. The molecule has 0 bridgehead atoms. The maximum atomic E-state index is 5.68. The minimum atomic E-state index is -0.0654. The molecule has 1 rings (SSSR count). The number of anilines is 1. The second-order valence-corrected chi connectivity index (χ2v) is 5.13. The number of hydrogen-bond donors (Lipinski definition) is 1. The quantitative estimate of drug-likeness (QED) is 0.611. The van der Waals surface area contributed by atoms with Crippen LogP contribution < -0.4 is 15.8 Å². The van der Waals surface area contributed by atoms with Crippen molar-refractivity contribution in [2.24, 2.45) is 0 Å². The fourth-order valence-corrected chi connectivity index (χ4v) is 1.73. The molecule has 0 spiro atoms. The topological polar surface area (TPSA) is 35.2 Å². The van der Waals surface area contributed by atoms with Crippen LogP contribution in [0.25, 0.3) is 0 Å². The van der Waals surface area contributed by atoms with Crippen molar-refractivity contribution in [1.29, 1.82) is 0 Å². The van der Waals surface area contributed by atoms with E-state index in [1.165, 1.54) is 5.30 Å². The molecule has 0 fully saturated rings. The molecule has 0 aliphatic rings. The zero-order chi connectivity index (χ0) is 9.14. The lowest BCUT2D eigenvalue weighted by Crippen LogP contribution is -2.02. The Morgan fingerprint density at radius 2 is 1.92 bits per heavy atom. The molecule has 0 aliphatic heterocycles.